The van der Waals surface area contributed by atoms with Gasteiger partial charge in [0.05, 0.1) is 11.1 Å². The molecule has 0 spiro atoms. The van der Waals surface area contributed by atoms with Crippen LogP contribution in [0.4, 0.5) is 11.6 Å². The van der Waals surface area contributed by atoms with Crippen molar-refractivity contribution in [3.63, 3.8) is 0 Å². The number of halogens is 2. The molecule has 0 bridgehead atoms. The van der Waals surface area contributed by atoms with Gasteiger partial charge in [-0.3, -0.25) is 14.6 Å². The number of ketones is 2. The van der Waals surface area contributed by atoms with Crippen molar-refractivity contribution < 1.29 is 9.59 Å². The van der Waals surface area contributed by atoms with Crippen LogP contribution in [0.15, 0.2) is 114 Å². The standard InChI is InChI=1S/C26H25ClN2O.C25H20ClN3O/c1-17-2-4-19(5-3-17)14-25(30)20-9-6-18(7-10-20)8-13-23-24-15-22(27)12-11-21(24)16-29-26(23)28;26-20-12-11-19-16-29-25(27)22(23(19)15-20)13-8-17-6-9-18(10-7-17)24(30)5-1-3-21-4-2-14-28-21/h6-7,9-12,15-17,19H,2-5,14H2,1H3,(H2,28,29);4,6-7,9-12,14-16H,1-3,5H2,(H2,27,29). The van der Waals surface area contributed by atoms with E-state index in [1.165, 1.54) is 25.7 Å². The fourth-order valence-electron chi connectivity index (χ4n) is 7.48. The number of allylic oxidation sites excluding steroid dienone is 2. The van der Waals surface area contributed by atoms with Gasteiger partial charge in [0.25, 0.3) is 0 Å². The Bertz CT molecular complexity index is 2740. The molecule has 4 N–H and O–H groups in total. The van der Waals surface area contributed by atoms with Crippen molar-refractivity contribution in [1.29, 1.82) is 0 Å². The number of nitrogens with zero attached hydrogens (tertiary/aromatic N) is 3. The van der Waals surface area contributed by atoms with E-state index in [1.807, 2.05) is 91.1 Å². The van der Waals surface area contributed by atoms with Crippen LogP contribution in [0.2, 0.25) is 10.0 Å². The maximum Gasteiger partial charge on any atom is 0.163 e. The predicted octanol–water partition coefficient (Wildman–Crippen LogP) is 11.9. The van der Waals surface area contributed by atoms with E-state index in [2.05, 4.69) is 51.6 Å². The van der Waals surface area contributed by atoms with Gasteiger partial charge >= 0.3 is 0 Å². The van der Waals surface area contributed by atoms with Crippen LogP contribution >= 0.6 is 23.2 Å². The minimum absolute atomic E-state index is 0.134. The zero-order valence-corrected chi connectivity index (χ0v) is 35.0. The zero-order valence-electron chi connectivity index (χ0n) is 33.5. The largest absolute Gasteiger partial charge is 0.383 e. The molecule has 60 heavy (non-hydrogen) atoms. The van der Waals surface area contributed by atoms with Gasteiger partial charge in [0, 0.05) is 97.4 Å². The summed E-state index contributed by atoms with van der Waals surface area (Å²) in [4.78, 5) is 37.8. The summed E-state index contributed by atoms with van der Waals surface area (Å²) in [5.41, 5.74) is 17.6. The van der Waals surface area contributed by atoms with Crippen LogP contribution in [0.3, 0.4) is 0 Å². The third-order valence-electron chi connectivity index (χ3n) is 11.0. The smallest absolute Gasteiger partial charge is 0.163 e. The Morgan fingerprint density at radius 3 is 1.70 bits per heavy atom. The number of anilines is 2. The molecule has 300 valence electrons. The van der Waals surface area contributed by atoms with Crippen LogP contribution in [0.5, 0.6) is 0 Å². The molecule has 9 heteroatoms. The summed E-state index contributed by atoms with van der Waals surface area (Å²) in [5, 5.41) is 4.88. The van der Waals surface area contributed by atoms with Crippen molar-refractivity contribution in [3.8, 4) is 23.7 Å². The van der Waals surface area contributed by atoms with Crippen LogP contribution in [0.25, 0.3) is 21.5 Å². The molecule has 1 fully saturated rings. The second-order valence-corrected chi connectivity index (χ2v) is 16.3. The molecule has 0 amide bonds. The Balaban J connectivity index is 0.000000181. The van der Waals surface area contributed by atoms with E-state index in [-0.39, 0.29) is 11.6 Å². The summed E-state index contributed by atoms with van der Waals surface area (Å²) in [7, 11) is 0. The lowest BCUT2D eigenvalue weighted by Crippen LogP contribution is -2.16. The molecule has 0 radical (unpaired) electrons. The number of aliphatic imine (C=N–C) groups is 1. The van der Waals surface area contributed by atoms with Gasteiger partial charge in [-0.1, -0.05) is 109 Å². The van der Waals surface area contributed by atoms with Gasteiger partial charge in [-0.2, -0.15) is 0 Å². The summed E-state index contributed by atoms with van der Waals surface area (Å²) in [5.74, 6) is 14.9. The van der Waals surface area contributed by atoms with E-state index in [0.29, 0.717) is 57.1 Å². The molecule has 4 aromatic carbocycles. The van der Waals surface area contributed by atoms with Crippen molar-refractivity contribution in [2.24, 2.45) is 16.8 Å². The summed E-state index contributed by atoms with van der Waals surface area (Å²) in [6.07, 6.45) is 16.0. The number of nitrogens with two attached hydrogens (primary N) is 2. The third-order valence-corrected chi connectivity index (χ3v) is 11.5. The molecule has 6 aromatic rings. The second-order valence-electron chi connectivity index (χ2n) is 15.4. The summed E-state index contributed by atoms with van der Waals surface area (Å²) in [6.45, 7) is 2.30. The van der Waals surface area contributed by atoms with E-state index in [9.17, 15) is 9.59 Å². The minimum Gasteiger partial charge on any atom is -0.383 e. The molecule has 1 saturated carbocycles. The molecule has 2 aliphatic rings. The third kappa shape index (κ3) is 10.9. The predicted molar refractivity (Wildman–Crippen MR) is 247 cm³/mol. The van der Waals surface area contributed by atoms with Crippen molar-refractivity contribution in [3.05, 3.63) is 153 Å². The fraction of sp³-hybridized carbons (Fsp3) is 0.235. The van der Waals surface area contributed by atoms with Gasteiger partial charge < -0.3 is 11.5 Å². The Hall–Kier alpha value is -6.25. The summed E-state index contributed by atoms with van der Waals surface area (Å²) >= 11 is 12.3. The Morgan fingerprint density at radius 2 is 1.20 bits per heavy atom. The number of nitrogen functional groups attached to an aromatic ring is 2. The Labute approximate surface area is 361 Å². The van der Waals surface area contributed by atoms with Crippen LogP contribution < -0.4 is 11.5 Å². The number of hydrogen-bond donors (Lipinski definition) is 2. The Morgan fingerprint density at radius 1 is 0.683 bits per heavy atom. The molecular weight excluding hydrogens is 785 g/mol. The molecule has 0 saturated heterocycles. The SMILES string of the molecule is CC1CCC(CC(=O)c2ccc(C#Cc3c(N)ncc4ccc(Cl)cc34)cc2)CC1.Nc1ncc2ccc(Cl)cc2c1C#Cc1ccc(C(=O)CCCC2=CCC=N2)cc1. The second kappa shape index (κ2) is 19.7. The molecule has 8 rings (SSSR count). The van der Waals surface area contributed by atoms with Crippen LogP contribution in [-0.4, -0.2) is 27.7 Å². The molecular formula is C51H45Cl2N5O2. The number of rotatable bonds is 8. The monoisotopic (exact) mass is 829 g/mol. The average Bonchev–Trinajstić information content (AvgIpc) is 3.78. The first-order valence-corrected chi connectivity index (χ1v) is 21.0. The van der Waals surface area contributed by atoms with E-state index >= 15 is 0 Å². The first-order chi connectivity index (χ1) is 29.1. The number of carbonyl (C=O) groups is 2. The highest BCUT2D eigenvalue weighted by atomic mass is 35.5. The van der Waals surface area contributed by atoms with Gasteiger partial charge in [0.2, 0.25) is 0 Å². The normalized spacial score (nSPS) is 15.6. The highest BCUT2D eigenvalue weighted by Gasteiger charge is 2.21. The highest BCUT2D eigenvalue weighted by Crippen LogP contribution is 2.31. The molecule has 1 aliphatic carbocycles. The molecule has 7 nitrogen and oxygen atoms in total. The fourth-order valence-corrected chi connectivity index (χ4v) is 7.82. The molecule has 0 atom stereocenters. The topological polar surface area (TPSA) is 124 Å². The first kappa shape index (κ1) is 41.9. The van der Waals surface area contributed by atoms with E-state index in [1.54, 1.807) is 12.4 Å². The number of hydrogen-bond acceptors (Lipinski definition) is 7. The van der Waals surface area contributed by atoms with Crippen LogP contribution in [0.1, 0.15) is 108 Å². The molecule has 3 heterocycles. The lowest BCUT2D eigenvalue weighted by atomic mass is 9.80. The van der Waals surface area contributed by atoms with Crippen molar-refractivity contribution in [1.82, 2.24) is 9.97 Å². The average molecular weight is 831 g/mol. The maximum atomic E-state index is 12.6. The van der Waals surface area contributed by atoms with Crippen LogP contribution in [0, 0.1) is 35.5 Å². The van der Waals surface area contributed by atoms with Crippen LogP contribution in [-0.2, 0) is 0 Å². The van der Waals surface area contributed by atoms with E-state index in [0.717, 1.165) is 69.1 Å². The van der Waals surface area contributed by atoms with Gasteiger partial charge in [-0.25, -0.2) is 9.97 Å². The van der Waals surface area contributed by atoms with Gasteiger partial charge in [-0.05, 0) is 86.1 Å². The Kier molecular flexibility index (Phi) is 13.7. The maximum absolute atomic E-state index is 12.6. The van der Waals surface area contributed by atoms with E-state index in [4.69, 9.17) is 34.7 Å². The lowest BCUT2D eigenvalue weighted by Gasteiger charge is -2.25. The summed E-state index contributed by atoms with van der Waals surface area (Å²) < 4.78 is 0. The van der Waals surface area contributed by atoms with E-state index < -0.39 is 0 Å². The van der Waals surface area contributed by atoms with Crippen molar-refractivity contribution in [2.75, 3.05) is 11.5 Å². The first-order valence-electron chi connectivity index (χ1n) is 20.3. The molecule has 2 aromatic heterocycles. The quantitative estimate of drug-likeness (QED) is 0.116. The van der Waals surface area contributed by atoms with Gasteiger partial charge in [0.15, 0.2) is 11.6 Å². The van der Waals surface area contributed by atoms with Gasteiger partial charge in [-0.15, -0.1) is 0 Å². The molecule has 0 unspecified atom stereocenters. The highest BCUT2D eigenvalue weighted by molar-refractivity contribution is 6.31. The minimum atomic E-state index is 0.134. The van der Waals surface area contributed by atoms with Crippen molar-refractivity contribution >= 4 is 74.2 Å². The van der Waals surface area contributed by atoms with Crippen molar-refractivity contribution in [2.45, 2.75) is 64.7 Å². The number of fused-ring (bicyclic) bond motifs is 2. The van der Waals surface area contributed by atoms with Gasteiger partial charge in [0.1, 0.15) is 11.6 Å². The lowest BCUT2D eigenvalue weighted by molar-refractivity contribution is 0.0942. The zero-order chi connectivity index (χ0) is 42.0. The number of Topliss-reactive ketones (excluding diaryl/α,β-unsaturated/α-hetero) is 2. The number of pyridine rings is 2. The summed E-state index contributed by atoms with van der Waals surface area (Å²) in [6, 6.07) is 26.0. The number of aromatic nitrogens is 2. The number of benzene rings is 4. The molecule has 1 aliphatic heterocycles. The number of carbonyl (C=O) groups excluding carboxylic acids is 2.